The van der Waals surface area contributed by atoms with Gasteiger partial charge in [0.1, 0.15) is 0 Å². The molecule has 3 N–H and O–H groups in total. The molecule has 2 unspecified atom stereocenters. The number of guanidine groups is 1. The standard InChI is InChI=1S/C19H35N3O2/c1-22(14-23)19(20)21-17(11-10-15-6-3-2-4-7-15)12-16-8-5-9-18(24)13-16/h14-18,24H,2-13H2,1H3,(H2,20,21)/t16?,17?,18-/m1/s1. The molecule has 138 valence electrons. The number of nitrogens with zero attached hydrogens (tertiary/aromatic N) is 1. The molecular weight excluding hydrogens is 302 g/mol. The minimum Gasteiger partial charge on any atom is -0.393 e. The quantitative estimate of drug-likeness (QED) is 0.379. The van der Waals surface area contributed by atoms with Crippen molar-refractivity contribution in [1.29, 1.82) is 5.41 Å². The van der Waals surface area contributed by atoms with Gasteiger partial charge in [-0.1, -0.05) is 44.9 Å². The molecule has 2 rings (SSSR count). The van der Waals surface area contributed by atoms with Crippen LogP contribution < -0.4 is 5.32 Å². The molecule has 0 saturated heterocycles. The fraction of sp³-hybridized carbons (Fsp3) is 0.895. The van der Waals surface area contributed by atoms with Crippen LogP contribution in [0.1, 0.15) is 77.0 Å². The van der Waals surface area contributed by atoms with E-state index < -0.39 is 0 Å². The Balaban J connectivity index is 1.86. The lowest BCUT2D eigenvalue weighted by molar-refractivity contribution is -0.114. The van der Waals surface area contributed by atoms with E-state index in [9.17, 15) is 9.90 Å². The molecule has 5 heteroatoms. The van der Waals surface area contributed by atoms with Gasteiger partial charge >= 0.3 is 0 Å². The molecule has 0 spiro atoms. The summed E-state index contributed by atoms with van der Waals surface area (Å²) in [4.78, 5) is 12.2. The third kappa shape index (κ3) is 6.42. The van der Waals surface area contributed by atoms with E-state index in [0.717, 1.165) is 38.0 Å². The van der Waals surface area contributed by atoms with Gasteiger partial charge in [-0.2, -0.15) is 0 Å². The number of carbonyl (C=O) groups is 1. The fourth-order valence-electron chi connectivity index (χ4n) is 4.39. The topological polar surface area (TPSA) is 76.4 Å². The number of hydrogen-bond donors (Lipinski definition) is 3. The summed E-state index contributed by atoms with van der Waals surface area (Å²) in [5.41, 5.74) is 0. The highest BCUT2D eigenvalue weighted by molar-refractivity contribution is 5.86. The maximum absolute atomic E-state index is 10.9. The minimum absolute atomic E-state index is 0.153. The second-order valence-corrected chi connectivity index (χ2v) is 7.91. The molecule has 0 bridgehead atoms. The van der Waals surface area contributed by atoms with Crippen molar-refractivity contribution >= 4 is 12.4 Å². The molecule has 24 heavy (non-hydrogen) atoms. The second kappa shape index (κ2) is 10.0. The van der Waals surface area contributed by atoms with Gasteiger partial charge in [-0.3, -0.25) is 15.1 Å². The SMILES string of the molecule is CN(C=O)C(=N)NC(CCC1CCCCC1)CC1CCC[C@@H](O)C1. The highest BCUT2D eigenvalue weighted by Crippen LogP contribution is 2.31. The Morgan fingerprint density at radius 2 is 1.92 bits per heavy atom. The number of rotatable bonds is 7. The van der Waals surface area contributed by atoms with Gasteiger partial charge in [-0.25, -0.2) is 0 Å². The van der Waals surface area contributed by atoms with Crippen LogP contribution in [0, 0.1) is 17.2 Å². The van der Waals surface area contributed by atoms with Crippen molar-refractivity contribution < 1.29 is 9.90 Å². The number of aliphatic hydroxyl groups is 1. The molecule has 0 aromatic rings. The normalized spacial score (nSPS) is 26.6. The summed E-state index contributed by atoms with van der Waals surface area (Å²) < 4.78 is 0. The van der Waals surface area contributed by atoms with Crippen LogP contribution in [0.2, 0.25) is 0 Å². The first-order valence-corrected chi connectivity index (χ1v) is 9.79. The lowest BCUT2D eigenvalue weighted by Crippen LogP contribution is -2.44. The van der Waals surface area contributed by atoms with E-state index in [-0.39, 0.29) is 18.1 Å². The van der Waals surface area contributed by atoms with Crippen molar-refractivity contribution in [3.8, 4) is 0 Å². The summed E-state index contributed by atoms with van der Waals surface area (Å²) in [5, 5.41) is 21.2. The van der Waals surface area contributed by atoms with E-state index in [1.54, 1.807) is 7.05 Å². The van der Waals surface area contributed by atoms with Gasteiger partial charge in [0.25, 0.3) is 0 Å². The summed E-state index contributed by atoms with van der Waals surface area (Å²) in [6, 6.07) is 0.233. The van der Waals surface area contributed by atoms with Crippen LogP contribution in [0.4, 0.5) is 0 Å². The van der Waals surface area contributed by atoms with Crippen molar-refractivity contribution in [2.75, 3.05) is 7.05 Å². The number of carbonyl (C=O) groups excluding carboxylic acids is 1. The molecule has 2 aliphatic carbocycles. The zero-order valence-electron chi connectivity index (χ0n) is 15.2. The van der Waals surface area contributed by atoms with Gasteiger partial charge in [0.05, 0.1) is 6.10 Å². The van der Waals surface area contributed by atoms with Gasteiger partial charge in [0, 0.05) is 13.1 Å². The van der Waals surface area contributed by atoms with Crippen LogP contribution in [0.5, 0.6) is 0 Å². The van der Waals surface area contributed by atoms with Gasteiger partial charge in [0.15, 0.2) is 5.96 Å². The molecule has 0 radical (unpaired) electrons. The maximum atomic E-state index is 10.9. The van der Waals surface area contributed by atoms with Crippen LogP contribution in [0.15, 0.2) is 0 Å². The van der Waals surface area contributed by atoms with E-state index in [4.69, 9.17) is 5.41 Å². The summed E-state index contributed by atoms with van der Waals surface area (Å²) in [6.07, 6.45) is 14.7. The maximum Gasteiger partial charge on any atom is 0.216 e. The molecule has 2 saturated carbocycles. The van der Waals surface area contributed by atoms with Crippen LogP contribution in [-0.4, -0.2) is 41.6 Å². The van der Waals surface area contributed by atoms with Crippen molar-refractivity contribution in [2.45, 2.75) is 89.2 Å². The molecule has 0 aromatic carbocycles. The largest absolute Gasteiger partial charge is 0.393 e. The lowest BCUT2D eigenvalue weighted by atomic mass is 9.80. The Labute approximate surface area is 146 Å². The van der Waals surface area contributed by atoms with Gasteiger partial charge < -0.3 is 10.4 Å². The average Bonchev–Trinajstić information content (AvgIpc) is 2.59. The number of hydrogen-bond acceptors (Lipinski definition) is 3. The predicted molar refractivity (Wildman–Crippen MR) is 96.9 cm³/mol. The highest BCUT2D eigenvalue weighted by atomic mass is 16.3. The summed E-state index contributed by atoms with van der Waals surface area (Å²) in [5.74, 6) is 1.56. The summed E-state index contributed by atoms with van der Waals surface area (Å²) in [7, 11) is 1.62. The highest BCUT2D eigenvalue weighted by Gasteiger charge is 2.25. The lowest BCUT2D eigenvalue weighted by Gasteiger charge is -2.32. The van der Waals surface area contributed by atoms with E-state index in [1.807, 2.05) is 0 Å². The van der Waals surface area contributed by atoms with Crippen molar-refractivity contribution in [3.05, 3.63) is 0 Å². The predicted octanol–water partition coefficient (Wildman–Crippen LogP) is 3.27. The third-order valence-electron chi connectivity index (χ3n) is 5.87. The van der Waals surface area contributed by atoms with E-state index in [2.05, 4.69) is 5.32 Å². The van der Waals surface area contributed by atoms with Crippen molar-refractivity contribution in [2.24, 2.45) is 11.8 Å². The van der Waals surface area contributed by atoms with Crippen LogP contribution in [0.3, 0.4) is 0 Å². The molecular formula is C19H35N3O2. The van der Waals surface area contributed by atoms with Gasteiger partial charge in [-0.15, -0.1) is 0 Å². The Morgan fingerprint density at radius 1 is 1.21 bits per heavy atom. The smallest absolute Gasteiger partial charge is 0.216 e. The van der Waals surface area contributed by atoms with Crippen molar-refractivity contribution in [3.63, 3.8) is 0 Å². The molecule has 3 atom stereocenters. The molecule has 5 nitrogen and oxygen atoms in total. The van der Waals surface area contributed by atoms with Crippen molar-refractivity contribution in [1.82, 2.24) is 10.2 Å². The molecule has 2 fully saturated rings. The van der Waals surface area contributed by atoms with Gasteiger partial charge in [-0.05, 0) is 43.9 Å². The fourth-order valence-corrected chi connectivity index (χ4v) is 4.39. The first-order chi connectivity index (χ1) is 11.6. The zero-order chi connectivity index (χ0) is 17.4. The second-order valence-electron chi connectivity index (χ2n) is 7.91. The summed E-state index contributed by atoms with van der Waals surface area (Å²) >= 11 is 0. The molecule has 0 aromatic heterocycles. The Morgan fingerprint density at radius 3 is 2.58 bits per heavy atom. The van der Waals surface area contributed by atoms with Crippen LogP contribution in [-0.2, 0) is 4.79 Å². The molecule has 0 aliphatic heterocycles. The summed E-state index contributed by atoms with van der Waals surface area (Å²) in [6.45, 7) is 0. The number of aliphatic hydroxyl groups excluding tert-OH is 1. The van der Waals surface area contributed by atoms with Crippen LogP contribution in [0.25, 0.3) is 0 Å². The number of amides is 1. The van der Waals surface area contributed by atoms with Crippen LogP contribution >= 0.6 is 0 Å². The Kier molecular flexibility index (Phi) is 8.03. The minimum atomic E-state index is -0.153. The monoisotopic (exact) mass is 337 g/mol. The van der Waals surface area contributed by atoms with E-state index in [0.29, 0.717) is 12.3 Å². The molecule has 1 amide bonds. The third-order valence-corrected chi connectivity index (χ3v) is 5.87. The Hall–Kier alpha value is -1.10. The van der Waals surface area contributed by atoms with E-state index in [1.165, 1.54) is 49.8 Å². The van der Waals surface area contributed by atoms with Gasteiger partial charge in [0.2, 0.25) is 6.41 Å². The molecule has 0 heterocycles. The Bertz CT molecular complexity index is 396. The first kappa shape index (κ1) is 19.2. The van der Waals surface area contributed by atoms with E-state index >= 15 is 0 Å². The molecule has 2 aliphatic rings. The average molecular weight is 338 g/mol. The number of nitrogens with one attached hydrogen (secondary N) is 2. The zero-order valence-corrected chi connectivity index (χ0v) is 15.2. The first-order valence-electron chi connectivity index (χ1n) is 9.79.